The summed E-state index contributed by atoms with van der Waals surface area (Å²) >= 11 is 6.53. The number of benzene rings is 4. The van der Waals surface area contributed by atoms with Gasteiger partial charge in [0.15, 0.2) is 0 Å². The zero-order chi connectivity index (χ0) is 32.7. The number of carbonyl (C=O) groups excluding carboxylic acids is 2. The lowest BCUT2D eigenvalue weighted by Gasteiger charge is -2.34. The van der Waals surface area contributed by atoms with Crippen LogP contribution in [0, 0.1) is 12.7 Å². The van der Waals surface area contributed by atoms with E-state index < -0.39 is 34.3 Å². The van der Waals surface area contributed by atoms with E-state index in [1.54, 1.807) is 48.5 Å². The molecule has 2 amide bonds. The Labute approximate surface area is 275 Å². The summed E-state index contributed by atoms with van der Waals surface area (Å²) in [5, 5.41) is 3.29. The number of hydrogen-bond donors (Lipinski definition) is 1. The zero-order valence-corrected chi connectivity index (χ0v) is 27.2. The molecule has 1 saturated carbocycles. The van der Waals surface area contributed by atoms with Crippen LogP contribution in [0.5, 0.6) is 0 Å². The van der Waals surface area contributed by atoms with Crippen LogP contribution in [-0.4, -0.2) is 43.8 Å². The molecule has 0 bridgehead atoms. The molecular formula is C36H37ClFN3O4S. The molecule has 0 unspecified atom stereocenters. The summed E-state index contributed by atoms with van der Waals surface area (Å²) in [4.78, 5) is 30.0. The van der Waals surface area contributed by atoms with E-state index in [4.69, 9.17) is 11.6 Å². The number of aryl methyl sites for hydroxylation is 1. The van der Waals surface area contributed by atoms with Crippen LogP contribution in [-0.2, 0) is 32.6 Å². The molecule has 0 radical (unpaired) electrons. The van der Waals surface area contributed by atoms with Crippen molar-refractivity contribution in [2.24, 2.45) is 0 Å². The predicted molar refractivity (Wildman–Crippen MR) is 178 cm³/mol. The van der Waals surface area contributed by atoms with E-state index in [1.165, 1.54) is 29.2 Å². The average Bonchev–Trinajstić information content (AvgIpc) is 3.56. The number of nitrogens with zero attached hydrogens (tertiary/aromatic N) is 2. The maximum atomic E-state index is 14.5. The summed E-state index contributed by atoms with van der Waals surface area (Å²) in [6, 6.07) is 26.8. The number of halogens is 2. The second-order valence-corrected chi connectivity index (χ2v) is 13.9. The molecule has 1 fully saturated rings. The number of anilines is 1. The number of carbonyl (C=O) groups is 2. The molecule has 240 valence electrons. The van der Waals surface area contributed by atoms with Crippen LogP contribution in [0.25, 0.3) is 0 Å². The van der Waals surface area contributed by atoms with Crippen LogP contribution in [0.1, 0.15) is 42.4 Å². The standard InChI is InChI=1S/C36H37ClFN3O4S/c1-26-15-21-31(22-16-26)46(44,45)41(33-14-8-7-13-32(33)37)25-35(42)40(24-28-17-19-29(38)20-18-28)34(23-27-9-3-2-4-10-27)36(43)39-30-11-5-6-12-30/h2-4,7-10,13-22,30,34H,5-6,11-12,23-25H2,1H3,(H,39,43)/t34-/m1/s1. The Hall–Kier alpha value is -4.21. The van der Waals surface area contributed by atoms with Gasteiger partial charge in [0.05, 0.1) is 15.6 Å². The van der Waals surface area contributed by atoms with Crippen LogP contribution in [0.15, 0.2) is 108 Å². The molecule has 7 nitrogen and oxygen atoms in total. The van der Waals surface area contributed by atoms with Crippen LogP contribution in [0.2, 0.25) is 5.02 Å². The highest BCUT2D eigenvalue weighted by Crippen LogP contribution is 2.31. The molecule has 1 aliphatic rings. The van der Waals surface area contributed by atoms with Gasteiger partial charge in [-0.3, -0.25) is 13.9 Å². The Morgan fingerprint density at radius 3 is 2.15 bits per heavy atom. The minimum atomic E-state index is -4.27. The molecule has 0 saturated heterocycles. The molecule has 4 aromatic rings. The van der Waals surface area contributed by atoms with Gasteiger partial charge in [-0.25, -0.2) is 12.8 Å². The van der Waals surface area contributed by atoms with Gasteiger partial charge in [-0.1, -0.05) is 96.7 Å². The van der Waals surface area contributed by atoms with Crippen molar-refractivity contribution in [3.8, 4) is 0 Å². The number of para-hydroxylation sites is 1. The van der Waals surface area contributed by atoms with Crippen LogP contribution in [0.4, 0.5) is 10.1 Å². The lowest BCUT2D eigenvalue weighted by atomic mass is 10.0. The summed E-state index contributed by atoms with van der Waals surface area (Å²) in [5.41, 5.74) is 2.44. The molecule has 0 heterocycles. The van der Waals surface area contributed by atoms with E-state index in [-0.39, 0.29) is 40.5 Å². The van der Waals surface area contributed by atoms with Crippen molar-refractivity contribution in [2.45, 2.75) is 62.6 Å². The normalized spacial score (nSPS) is 14.1. The molecule has 1 atom stereocenters. The minimum absolute atomic E-state index is 0.00397. The summed E-state index contributed by atoms with van der Waals surface area (Å²) in [7, 11) is -4.27. The monoisotopic (exact) mass is 661 g/mol. The van der Waals surface area contributed by atoms with Crippen molar-refractivity contribution >= 4 is 39.1 Å². The number of nitrogens with one attached hydrogen (secondary N) is 1. The third-order valence-corrected chi connectivity index (χ3v) is 10.3. The Morgan fingerprint density at radius 2 is 1.50 bits per heavy atom. The smallest absolute Gasteiger partial charge is 0.264 e. The average molecular weight is 662 g/mol. The van der Waals surface area contributed by atoms with Gasteiger partial charge in [-0.15, -0.1) is 0 Å². The van der Waals surface area contributed by atoms with Crippen LogP contribution in [0.3, 0.4) is 0 Å². The van der Waals surface area contributed by atoms with Crippen molar-refractivity contribution in [1.82, 2.24) is 10.2 Å². The molecule has 0 aliphatic heterocycles. The van der Waals surface area contributed by atoms with E-state index in [2.05, 4.69) is 5.32 Å². The molecule has 5 rings (SSSR count). The van der Waals surface area contributed by atoms with Crippen molar-refractivity contribution in [2.75, 3.05) is 10.8 Å². The fourth-order valence-electron chi connectivity index (χ4n) is 5.71. The summed E-state index contributed by atoms with van der Waals surface area (Å²) < 4.78 is 43.2. The number of amides is 2. The topological polar surface area (TPSA) is 86.8 Å². The van der Waals surface area contributed by atoms with E-state index in [0.29, 0.717) is 5.56 Å². The van der Waals surface area contributed by atoms with Crippen molar-refractivity contribution in [1.29, 1.82) is 0 Å². The highest BCUT2D eigenvalue weighted by molar-refractivity contribution is 7.92. The third kappa shape index (κ3) is 8.13. The van der Waals surface area contributed by atoms with E-state index in [1.807, 2.05) is 37.3 Å². The molecule has 10 heteroatoms. The van der Waals surface area contributed by atoms with Gasteiger partial charge in [-0.2, -0.15) is 0 Å². The van der Waals surface area contributed by atoms with Gasteiger partial charge in [0.2, 0.25) is 11.8 Å². The molecular weight excluding hydrogens is 625 g/mol. The van der Waals surface area contributed by atoms with Crippen molar-refractivity contribution < 1.29 is 22.4 Å². The molecule has 1 aliphatic carbocycles. The first kappa shape index (κ1) is 33.2. The Morgan fingerprint density at radius 1 is 0.870 bits per heavy atom. The Bertz CT molecular complexity index is 1750. The van der Waals surface area contributed by atoms with Crippen molar-refractivity contribution in [3.63, 3.8) is 0 Å². The highest BCUT2D eigenvalue weighted by Gasteiger charge is 2.36. The van der Waals surface area contributed by atoms with Gasteiger partial charge in [-0.05, 0) is 67.3 Å². The fraction of sp³-hybridized carbons (Fsp3) is 0.278. The van der Waals surface area contributed by atoms with Gasteiger partial charge in [0, 0.05) is 19.0 Å². The SMILES string of the molecule is Cc1ccc(S(=O)(=O)N(CC(=O)N(Cc2ccc(F)cc2)[C@H](Cc2ccccc2)C(=O)NC2CCCC2)c2ccccc2Cl)cc1. The lowest BCUT2D eigenvalue weighted by molar-refractivity contribution is -0.140. The number of sulfonamides is 1. The third-order valence-electron chi connectivity index (χ3n) is 8.25. The summed E-state index contributed by atoms with van der Waals surface area (Å²) in [6.45, 7) is 1.18. The molecule has 46 heavy (non-hydrogen) atoms. The Kier molecular flexibility index (Phi) is 10.8. The van der Waals surface area contributed by atoms with Gasteiger partial charge in [0.1, 0.15) is 18.4 Å². The number of hydrogen-bond acceptors (Lipinski definition) is 4. The Balaban J connectivity index is 1.57. The largest absolute Gasteiger partial charge is 0.352 e. The molecule has 0 spiro atoms. The fourth-order valence-corrected chi connectivity index (χ4v) is 7.43. The second-order valence-electron chi connectivity index (χ2n) is 11.6. The molecule has 0 aromatic heterocycles. The maximum absolute atomic E-state index is 14.5. The van der Waals surface area contributed by atoms with Gasteiger partial charge < -0.3 is 10.2 Å². The molecule has 4 aromatic carbocycles. The lowest BCUT2D eigenvalue weighted by Crippen LogP contribution is -2.54. The van der Waals surface area contributed by atoms with Gasteiger partial charge >= 0.3 is 0 Å². The van der Waals surface area contributed by atoms with Crippen LogP contribution >= 0.6 is 11.6 Å². The van der Waals surface area contributed by atoms with Crippen molar-refractivity contribution in [3.05, 3.63) is 131 Å². The van der Waals surface area contributed by atoms with E-state index in [0.717, 1.165) is 41.1 Å². The molecule has 1 N–H and O–H groups in total. The second kappa shape index (κ2) is 14.9. The van der Waals surface area contributed by atoms with Crippen LogP contribution < -0.4 is 9.62 Å². The summed E-state index contributed by atoms with van der Waals surface area (Å²) in [6.07, 6.45) is 3.92. The first-order chi connectivity index (χ1) is 22.1. The van der Waals surface area contributed by atoms with E-state index >= 15 is 0 Å². The number of rotatable bonds is 12. The first-order valence-electron chi connectivity index (χ1n) is 15.3. The van der Waals surface area contributed by atoms with E-state index in [9.17, 15) is 22.4 Å². The maximum Gasteiger partial charge on any atom is 0.264 e. The quantitative estimate of drug-likeness (QED) is 0.184. The highest BCUT2D eigenvalue weighted by atomic mass is 35.5. The van der Waals surface area contributed by atoms with Gasteiger partial charge in [0.25, 0.3) is 10.0 Å². The minimum Gasteiger partial charge on any atom is -0.352 e. The predicted octanol–water partition coefficient (Wildman–Crippen LogP) is 6.68. The first-order valence-corrected chi connectivity index (χ1v) is 17.2. The zero-order valence-electron chi connectivity index (χ0n) is 25.6. The summed E-state index contributed by atoms with van der Waals surface area (Å²) in [5.74, 6) is -1.37.